The highest BCUT2D eigenvalue weighted by molar-refractivity contribution is 6.31. The molecular weight excluding hydrogens is 294 g/mol. The molecule has 2 rings (SSSR count). The molecule has 1 aromatic carbocycles. The second-order valence-electron chi connectivity index (χ2n) is 4.46. The number of rotatable bonds is 3. The quantitative estimate of drug-likeness (QED) is 0.351. The molecule has 0 atom stereocenters. The fourth-order valence-corrected chi connectivity index (χ4v) is 2.12. The summed E-state index contributed by atoms with van der Waals surface area (Å²) < 4.78 is 5.32. The first kappa shape index (κ1) is 14.9. The molecule has 0 unspecified atom stereocenters. The van der Waals surface area contributed by atoms with Crippen molar-refractivity contribution in [1.29, 1.82) is 0 Å². The van der Waals surface area contributed by atoms with Gasteiger partial charge in [-0.15, -0.1) is 0 Å². The normalized spacial score (nSPS) is 11.5. The Morgan fingerprint density at radius 1 is 1.33 bits per heavy atom. The lowest BCUT2D eigenvalue weighted by Crippen LogP contribution is -2.19. The van der Waals surface area contributed by atoms with E-state index in [9.17, 15) is 4.79 Å². The summed E-state index contributed by atoms with van der Waals surface area (Å²) in [7, 11) is 0. The molecule has 1 heterocycles. The van der Waals surface area contributed by atoms with Crippen LogP contribution in [0.4, 0.5) is 5.69 Å². The van der Waals surface area contributed by atoms with Gasteiger partial charge in [0, 0.05) is 10.6 Å². The standard InChI is InChI=1S/C14H14ClN3O3/c1-7-5-11(8(2)21-7)14(19)17-12-6-9(15)3-4-10(12)13(16)18-20/h3-6,20H,1-2H3,(H2,16,18)(H,17,19). The number of carbonyl (C=O) groups excluding carboxylic acids is 1. The molecule has 21 heavy (non-hydrogen) atoms. The van der Waals surface area contributed by atoms with Crippen LogP contribution in [0.3, 0.4) is 0 Å². The molecule has 0 saturated carbocycles. The molecular formula is C14H14ClN3O3. The number of nitrogens with one attached hydrogen (secondary N) is 1. The van der Waals surface area contributed by atoms with Crippen LogP contribution in [-0.2, 0) is 0 Å². The van der Waals surface area contributed by atoms with Gasteiger partial charge in [-0.1, -0.05) is 16.8 Å². The topological polar surface area (TPSA) is 101 Å². The van der Waals surface area contributed by atoms with Crippen LogP contribution >= 0.6 is 11.6 Å². The first-order chi connectivity index (χ1) is 9.92. The molecule has 6 nitrogen and oxygen atoms in total. The Morgan fingerprint density at radius 3 is 2.62 bits per heavy atom. The summed E-state index contributed by atoms with van der Waals surface area (Å²) in [5, 5.41) is 14.8. The molecule has 4 N–H and O–H groups in total. The van der Waals surface area contributed by atoms with Crippen LogP contribution in [0.25, 0.3) is 0 Å². The number of halogens is 1. The van der Waals surface area contributed by atoms with Gasteiger partial charge in [0.1, 0.15) is 11.5 Å². The monoisotopic (exact) mass is 307 g/mol. The molecule has 0 radical (unpaired) electrons. The lowest BCUT2D eigenvalue weighted by Gasteiger charge is -2.10. The number of nitrogens with zero attached hydrogens (tertiary/aromatic N) is 1. The number of carbonyl (C=O) groups is 1. The highest BCUT2D eigenvalue weighted by atomic mass is 35.5. The number of furan rings is 1. The Balaban J connectivity index is 2.37. The molecule has 7 heteroatoms. The van der Waals surface area contributed by atoms with Crippen molar-refractivity contribution in [1.82, 2.24) is 0 Å². The summed E-state index contributed by atoms with van der Waals surface area (Å²) in [5.41, 5.74) is 6.71. The Labute approximate surface area is 126 Å². The van der Waals surface area contributed by atoms with Crippen molar-refractivity contribution < 1.29 is 14.4 Å². The van der Waals surface area contributed by atoms with E-state index >= 15 is 0 Å². The summed E-state index contributed by atoms with van der Waals surface area (Å²) in [5.74, 6) is 0.665. The predicted octanol–water partition coefficient (Wildman–Crippen LogP) is 2.90. The zero-order valence-corrected chi connectivity index (χ0v) is 12.2. The van der Waals surface area contributed by atoms with Gasteiger partial charge in [0.15, 0.2) is 5.84 Å². The smallest absolute Gasteiger partial charge is 0.259 e. The van der Waals surface area contributed by atoms with E-state index in [1.165, 1.54) is 6.07 Å². The van der Waals surface area contributed by atoms with Crippen LogP contribution in [0.1, 0.15) is 27.4 Å². The Bertz CT molecular complexity index is 722. The lowest BCUT2D eigenvalue weighted by atomic mass is 10.1. The van der Waals surface area contributed by atoms with Crippen molar-refractivity contribution in [2.45, 2.75) is 13.8 Å². The average molecular weight is 308 g/mol. The maximum absolute atomic E-state index is 12.3. The number of anilines is 1. The van der Waals surface area contributed by atoms with E-state index in [0.717, 1.165) is 0 Å². The highest BCUT2D eigenvalue weighted by Crippen LogP contribution is 2.23. The second kappa shape index (κ2) is 5.88. The van der Waals surface area contributed by atoms with E-state index in [1.54, 1.807) is 32.0 Å². The minimum atomic E-state index is -0.362. The maximum atomic E-state index is 12.3. The van der Waals surface area contributed by atoms with Crippen molar-refractivity contribution in [3.05, 3.63) is 51.9 Å². The number of amidine groups is 1. The highest BCUT2D eigenvalue weighted by Gasteiger charge is 2.16. The first-order valence-electron chi connectivity index (χ1n) is 6.08. The lowest BCUT2D eigenvalue weighted by molar-refractivity contribution is 0.102. The van der Waals surface area contributed by atoms with E-state index in [1.807, 2.05) is 0 Å². The van der Waals surface area contributed by atoms with Crippen molar-refractivity contribution in [2.24, 2.45) is 10.9 Å². The van der Waals surface area contributed by atoms with Gasteiger partial charge in [-0.3, -0.25) is 4.79 Å². The first-order valence-corrected chi connectivity index (χ1v) is 6.46. The zero-order valence-electron chi connectivity index (χ0n) is 11.5. The van der Waals surface area contributed by atoms with Gasteiger partial charge in [0.25, 0.3) is 5.91 Å². The van der Waals surface area contributed by atoms with E-state index in [4.69, 9.17) is 27.0 Å². The summed E-state index contributed by atoms with van der Waals surface area (Å²) in [4.78, 5) is 12.3. The summed E-state index contributed by atoms with van der Waals surface area (Å²) in [6, 6.07) is 6.30. The molecule has 1 aromatic heterocycles. The zero-order chi connectivity index (χ0) is 15.6. The Kier molecular flexibility index (Phi) is 4.18. The SMILES string of the molecule is Cc1cc(C(=O)Nc2cc(Cl)ccc2C(N)=NO)c(C)o1. The Morgan fingerprint density at radius 2 is 2.05 bits per heavy atom. The summed E-state index contributed by atoms with van der Waals surface area (Å²) >= 11 is 5.92. The van der Waals surface area contributed by atoms with Crippen LogP contribution < -0.4 is 11.1 Å². The fraction of sp³-hybridized carbons (Fsp3) is 0.143. The minimum absolute atomic E-state index is 0.123. The average Bonchev–Trinajstić information content (AvgIpc) is 2.77. The van der Waals surface area contributed by atoms with Gasteiger partial charge >= 0.3 is 0 Å². The predicted molar refractivity (Wildman–Crippen MR) is 80.1 cm³/mol. The third-order valence-corrected chi connectivity index (χ3v) is 3.13. The van der Waals surface area contributed by atoms with E-state index in [2.05, 4.69) is 10.5 Å². The van der Waals surface area contributed by atoms with Gasteiger partial charge in [0.05, 0.1) is 11.3 Å². The molecule has 0 fully saturated rings. The molecule has 0 aliphatic rings. The molecule has 0 spiro atoms. The van der Waals surface area contributed by atoms with E-state index in [0.29, 0.717) is 33.4 Å². The van der Waals surface area contributed by atoms with E-state index < -0.39 is 0 Å². The van der Waals surface area contributed by atoms with Crippen LogP contribution in [0, 0.1) is 13.8 Å². The summed E-state index contributed by atoms with van der Waals surface area (Å²) in [6.45, 7) is 3.45. The van der Waals surface area contributed by atoms with Gasteiger partial charge in [-0.2, -0.15) is 0 Å². The number of hydrogen-bond acceptors (Lipinski definition) is 4. The molecule has 0 bridgehead atoms. The second-order valence-corrected chi connectivity index (χ2v) is 4.89. The number of aryl methyl sites for hydroxylation is 2. The van der Waals surface area contributed by atoms with Gasteiger partial charge in [0.2, 0.25) is 0 Å². The molecule has 1 amide bonds. The maximum Gasteiger partial charge on any atom is 0.259 e. The van der Waals surface area contributed by atoms with Crippen LogP contribution in [-0.4, -0.2) is 17.0 Å². The van der Waals surface area contributed by atoms with E-state index in [-0.39, 0.29) is 11.7 Å². The molecule has 0 aliphatic heterocycles. The fourth-order valence-electron chi connectivity index (χ4n) is 1.94. The Hall–Kier alpha value is -2.47. The molecule has 2 aromatic rings. The number of hydrogen-bond donors (Lipinski definition) is 3. The molecule has 110 valence electrons. The van der Waals surface area contributed by atoms with Crippen LogP contribution in [0.2, 0.25) is 5.02 Å². The van der Waals surface area contributed by atoms with Crippen LogP contribution in [0.5, 0.6) is 0 Å². The number of benzene rings is 1. The molecule has 0 saturated heterocycles. The van der Waals surface area contributed by atoms with Crippen molar-refractivity contribution >= 4 is 29.0 Å². The third-order valence-electron chi connectivity index (χ3n) is 2.90. The van der Waals surface area contributed by atoms with Gasteiger partial charge < -0.3 is 20.7 Å². The van der Waals surface area contributed by atoms with Crippen LogP contribution in [0.15, 0.2) is 33.8 Å². The van der Waals surface area contributed by atoms with Crippen molar-refractivity contribution in [3.8, 4) is 0 Å². The van der Waals surface area contributed by atoms with Gasteiger partial charge in [-0.05, 0) is 38.1 Å². The van der Waals surface area contributed by atoms with Crippen molar-refractivity contribution in [3.63, 3.8) is 0 Å². The minimum Gasteiger partial charge on any atom is -0.466 e. The largest absolute Gasteiger partial charge is 0.466 e. The van der Waals surface area contributed by atoms with Crippen molar-refractivity contribution in [2.75, 3.05) is 5.32 Å². The third kappa shape index (κ3) is 3.17. The van der Waals surface area contributed by atoms with Gasteiger partial charge in [-0.25, -0.2) is 0 Å². The number of amides is 1. The number of oxime groups is 1. The molecule has 0 aliphatic carbocycles. The summed E-state index contributed by atoms with van der Waals surface area (Å²) in [6.07, 6.45) is 0. The number of nitrogens with two attached hydrogens (primary N) is 1.